The molecule has 0 heterocycles. The third-order valence-corrected chi connectivity index (χ3v) is 2.85. The van der Waals surface area contributed by atoms with Crippen LogP contribution in [0.5, 0.6) is 0 Å². The van der Waals surface area contributed by atoms with Gasteiger partial charge in [0.25, 0.3) is 0 Å². The predicted octanol–water partition coefficient (Wildman–Crippen LogP) is 3.55. The van der Waals surface area contributed by atoms with E-state index < -0.39 is 0 Å². The quantitative estimate of drug-likeness (QED) is 0.528. The van der Waals surface area contributed by atoms with E-state index in [1.54, 1.807) is 0 Å². The molecule has 1 saturated carbocycles. The van der Waals surface area contributed by atoms with Crippen molar-refractivity contribution >= 4 is 0 Å². The van der Waals surface area contributed by atoms with Crippen molar-refractivity contribution in [3.8, 4) is 0 Å². The van der Waals surface area contributed by atoms with Crippen LogP contribution < -0.4 is 0 Å². The molecule has 0 aromatic carbocycles. The van der Waals surface area contributed by atoms with Crippen LogP contribution in [0.25, 0.3) is 0 Å². The molecule has 1 fully saturated rings. The van der Waals surface area contributed by atoms with Crippen LogP contribution in [-0.2, 0) is 0 Å². The molecule has 0 spiro atoms. The fraction of sp³-hybridized carbons (Fsp3) is 0.636. The molecule has 0 unspecified atom stereocenters. The summed E-state index contributed by atoms with van der Waals surface area (Å²) in [6, 6.07) is 0. The zero-order valence-electron chi connectivity index (χ0n) is 7.47. The maximum Gasteiger partial charge on any atom is -0.0142 e. The van der Waals surface area contributed by atoms with Crippen molar-refractivity contribution in [3.05, 3.63) is 24.8 Å². The number of hydrogen-bond acceptors (Lipinski definition) is 0. The average Bonchev–Trinajstić information content (AvgIpc) is 2.04. The Bertz CT molecular complexity index is 155. The largest absolute Gasteiger partial charge is 0.0988 e. The van der Waals surface area contributed by atoms with E-state index in [0.717, 1.165) is 11.8 Å². The lowest BCUT2D eigenvalue weighted by molar-refractivity contribution is 0.298. The molecule has 2 atom stereocenters. The number of hydrogen-bond donors (Lipinski definition) is 0. The minimum Gasteiger partial charge on any atom is -0.0988 e. The summed E-state index contributed by atoms with van der Waals surface area (Å²) in [5, 5.41) is 0. The minimum absolute atomic E-state index is 0.723. The summed E-state index contributed by atoms with van der Waals surface area (Å²) in [6.07, 6.45) is 7.40. The highest BCUT2D eigenvalue weighted by atomic mass is 14.3. The Labute approximate surface area is 70.0 Å². The Morgan fingerprint density at radius 3 is 2.55 bits per heavy atom. The second-order valence-electron chi connectivity index (χ2n) is 3.65. The standard InChI is InChI=1S/C11H18/c1-4-9(2)11-8-6-5-7-10(11)3/h4,10-11H,1-2,5-8H2,3H3/t10-,11+/m1/s1. The van der Waals surface area contributed by atoms with Crippen molar-refractivity contribution in [2.45, 2.75) is 32.6 Å². The van der Waals surface area contributed by atoms with E-state index in [1.165, 1.54) is 31.3 Å². The Hall–Kier alpha value is -0.520. The summed E-state index contributed by atoms with van der Waals surface area (Å²) in [7, 11) is 0. The van der Waals surface area contributed by atoms with E-state index in [9.17, 15) is 0 Å². The van der Waals surface area contributed by atoms with E-state index in [2.05, 4.69) is 20.1 Å². The smallest absolute Gasteiger partial charge is 0.0142 e. The lowest BCUT2D eigenvalue weighted by atomic mass is 9.77. The molecule has 0 radical (unpaired) electrons. The Kier molecular flexibility index (Phi) is 2.92. The van der Waals surface area contributed by atoms with Crippen LogP contribution in [0.4, 0.5) is 0 Å². The van der Waals surface area contributed by atoms with Gasteiger partial charge in [-0.15, -0.1) is 0 Å². The van der Waals surface area contributed by atoms with Gasteiger partial charge in [-0.1, -0.05) is 51.0 Å². The molecule has 0 aromatic rings. The number of rotatable bonds is 2. The molecule has 0 aliphatic heterocycles. The molecule has 0 N–H and O–H groups in total. The minimum atomic E-state index is 0.723. The summed E-state index contributed by atoms with van der Waals surface area (Å²) >= 11 is 0. The van der Waals surface area contributed by atoms with E-state index in [-0.39, 0.29) is 0 Å². The zero-order valence-corrected chi connectivity index (χ0v) is 7.47. The first-order valence-electron chi connectivity index (χ1n) is 4.57. The van der Waals surface area contributed by atoms with Crippen LogP contribution >= 0.6 is 0 Å². The monoisotopic (exact) mass is 150 g/mol. The van der Waals surface area contributed by atoms with Crippen LogP contribution in [0, 0.1) is 11.8 Å². The highest BCUT2D eigenvalue weighted by Crippen LogP contribution is 2.34. The Morgan fingerprint density at radius 1 is 1.36 bits per heavy atom. The fourth-order valence-electron chi connectivity index (χ4n) is 2.02. The van der Waals surface area contributed by atoms with Crippen molar-refractivity contribution in [2.75, 3.05) is 0 Å². The topological polar surface area (TPSA) is 0 Å². The van der Waals surface area contributed by atoms with Gasteiger partial charge in [-0.2, -0.15) is 0 Å². The van der Waals surface area contributed by atoms with E-state index in [1.807, 2.05) is 6.08 Å². The van der Waals surface area contributed by atoms with Gasteiger partial charge in [-0.3, -0.25) is 0 Å². The summed E-state index contributed by atoms with van der Waals surface area (Å²) in [5.41, 5.74) is 1.25. The molecule has 62 valence electrons. The molecule has 0 amide bonds. The maximum atomic E-state index is 4.03. The SMILES string of the molecule is C=CC(=C)[C@@H]1CCCC[C@H]1C. The van der Waals surface area contributed by atoms with Gasteiger partial charge >= 0.3 is 0 Å². The van der Waals surface area contributed by atoms with Crippen LogP contribution in [-0.4, -0.2) is 0 Å². The molecular formula is C11H18. The van der Waals surface area contributed by atoms with E-state index >= 15 is 0 Å². The van der Waals surface area contributed by atoms with Crippen molar-refractivity contribution in [1.29, 1.82) is 0 Å². The second kappa shape index (κ2) is 3.75. The van der Waals surface area contributed by atoms with Gasteiger partial charge in [0.05, 0.1) is 0 Å². The normalized spacial score (nSPS) is 31.4. The third-order valence-electron chi connectivity index (χ3n) is 2.85. The first kappa shape index (κ1) is 8.58. The van der Waals surface area contributed by atoms with Gasteiger partial charge in [0, 0.05) is 0 Å². The molecule has 1 aliphatic rings. The van der Waals surface area contributed by atoms with Crippen molar-refractivity contribution in [3.63, 3.8) is 0 Å². The predicted molar refractivity (Wildman–Crippen MR) is 50.5 cm³/mol. The summed E-state index contributed by atoms with van der Waals surface area (Å²) in [6.45, 7) is 10.1. The lowest BCUT2D eigenvalue weighted by Crippen LogP contribution is -2.17. The van der Waals surface area contributed by atoms with Gasteiger partial charge < -0.3 is 0 Å². The highest BCUT2D eigenvalue weighted by Gasteiger charge is 2.21. The zero-order chi connectivity index (χ0) is 8.27. The Morgan fingerprint density at radius 2 is 2.00 bits per heavy atom. The summed E-state index contributed by atoms with van der Waals surface area (Å²) in [4.78, 5) is 0. The van der Waals surface area contributed by atoms with Crippen molar-refractivity contribution in [1.82, 2.24) is 0 Å². The number of allylic oxidation sites excluding steroid dienone is 2. The van der Waals surface area contributed by atoms with Crippen molar-refractivity contribution in [2.24, 2.45) is 11.8 Å². The molecule has 0 heteroatoms. The molecule has 0 nitrogen and oxygen atoms in total. The third kappa shape index (κ3) is 1.95. The first-order chi connectivity index (χ1) is 5.25. The molecule has 0 bridgehead atoms. The average molecular weight is 150 g/mol. The first-order valence-corrected chi connectivity index (χ1v) is 4.57. The molecule has 11 heavy (non-hydrogen) atoms. The molecular weight excluding hydrogens is 132 g/mol. The van der Waals surface area contributed by atoms with Gasteiger partial charge in [0.15, 0.2) is 0 Å². The van der Waals surface area contributed by atoms with Gasteiger partial charge in [-0.25, -0.2) is 0 Å². The van der Waals surface area contributed by atoms with E-state index in [0.29, 0.717) is 0 Å². The Balaban J connectivity index is 2.53. The fourth-order valence-corrected chi connectivity index (χ4v) is 2.02. The van der Waals surface area contributed by atoms with Crippen LogP contribution in [0.1, 0.15) is 32.6 Å². The van der Waals surface area contributed by atoms with E-state index in [4.69, 9.17) is 0 Å². The summed E-state index contributed by atoms with van der Waals surface area (Å²) in [5.74, 6) is 1.55. The van der Waals surface area contributed by atoms with Crippen LogP contribution in [0.2, 0.25) is 0 Å². The second-order valence-corrected chi connectivity index (χ2v) is 3.65. The maximum absolute atomic E-state index is 4.03. The summed E-state index contributed by atoms with van der Waals surface area (Å²) < 4.78 is 0. The molecule has 1 aliphatic carbocycles. The molecule has 1 rings (SSSR count). The lowest BCUT2D eigenvalue weighted by Gasteiger charge is -2.29. The molecule has 0 aromatic heterocycles. The molecule has 0 saturated heterocycles. The van der Waals surface area contributed by atoms with Gasteiger partial charge in [0.2, 0.25) is 0 Å². The van der Waals surface area contributed by atoms with Crippen LogP contribution in [0.15, 0.2) is 24.8 Å². The van der Waals surface area contributed by atoms with Gasteiger partial charge in [0.1, 0.15) is 0 Å². The van der Waals surface area contributed by atoms with Crippen LogP contribution in [0.3, 0.4) is 0 Å². The van der Waals surface area contributed by atoms with Gasteiger partial charge in [-0.05, 0) is 18.3 Å². The van der Waals surface area contributed by atoms with Crippen molar-refractivity contribution < 1.29 is 0 Å². The highest BCUT2D eigenvalue weighted by molar-refractivity contribution is 5.16.